The van der Waals surface area contributed by atoms with Crippen LogP contribution in [0.4, 0.5) is 8.78 Å². The predicted octanol–water partition coefficient (Wildman–Crippen LogP) is 4.10. The molecule has 0 bridgehead atoms. The Bertz CT molecular complexity index is 1010. The van der Waals surface area contributed by atoms with Crippen LogP contribution in [0.15, 0.2) is 54.6 Å². The Hall–Kier alpha value is -3.06. The van der Waals surface area contributed by atoms with E-state index >= 15 is 0 Å². The number of rotatable bonds is 6. The maximum absolute atomic E-state index is 13.5. The van der Waals surface area contributed by atoms with Crippen LogP contribution in [0, 0.1) is 25.5 Å². The minimum atomic E-state index is -0.287. The van der Waals surface area contributed by atoms with E-state index in [0.717, 1.165) is 22.5 Å². The average Bonchev–Trinajstić information content (AvgIpc) is 3.12. The van der Waals surface area contributed by atoms with Gasteiger partial charge in [0.15, 0.2) is 0 Å². The van der Waals surface area contributed by atoms with E-state index < -0.39 is 0 Å². The van der Waals surface area contributed by atoms with Crippen LogP contribution in [0.2, 0.25) is 0 Å². The third-order valence-electron chi connectivity index (χ3n) is 6.04. The molecule has 2 aromatic carbocycles. The van der Waals surface area contributed by atoms with Crippen molar-refractivity contribution in [3.8, 4) is 0 Å². The van der Waals surface area contributed by atoms with E-state index in [1.54, 1.807) is 24.3 Å². The lowest BCUT2D eigenvalue weighted by atomic mass is 9.96. The van der Waals surface area contributed by atoms with Crippen molar-refractivity contribution >= 4 is 5.91 Å². The summed E-state index contributed by atoms with van der Waals surface area (Å²) in [5.41, 5.74) is 3.90. The van der Waals surface area contributed by atoms with Gasteiger partial charge in [-0.3, -0.25) is 14.4 Å². The van der Waals surface area contributed by atoms with Gasteiger partial charge in [0, 0.05) is 44.8 Å². The van der Waals surface area contributed by atoms with Crippen molar-refractivity contribution in [2.45, 2.75) is 32.9 Å². The van der Waals surface area contributed by atoms with E-state index in [-0.39, 0.29) is 23.6 Å². The van der Waals surface area contributed by atoms with E-state index in [2.05, 4.69) is 10.00 Å². The zero-order valence-electron chi connectivity index (χ0n) is 18.5. The number of aromatic nitrogens is 2. The second-order valence-electron chi connectivity index (χ2n) is 8.32. The second kappa shape index (κ2) is 9.61. The lowest BCUT2D eigenvalue weighted by Crippen LogP contribution is -2.50. The highest BCUT2D eigenvalue weighted by molar-refractivity contribution is 5.76. The number of benzene rings is 2. The molecule has 7 heteroatoms. The fraction of sp³-hybridized carbons (Fsp3) is 0.360. The first-order valence-corrected chi connectivity index (χ1v) is 10.9. The molecule has 0 radical (unpaired) electrons. The van der Waals surface area contributed by atoms with E-state index in [9.17, 15) is 13.6 Å². The second-order valence-corrected chi connectivity index (χ2v) is 8.32. The summed E-state index contributed by atoms with van der Waals surface area (Å²) < 4.78 is 28.9. The Kier molecular flexibility index (Phi) is 6.65. The van der Waals surface area contributed by atoms with Gasteiger partial charge in [0.1, 0.15) is 11.6 Å². The molecule has 1 fully saturated rings. The molecule has 3 aromatic rings. The number of hydrogen-bond acceptors (Lipinski definition) is 3. The average molecular weight is 439 g/mol. The van der Waals surface area contributed by atoms with Gasteiger partial charge in [0.2, 0.25) is 5.91 Å². The highest BCUT2D eigenvalue weighted by Crippen LogP contribution is 2.30. The van der Waals surface area contributed by atoms with Crippen LogP contribution >= 0.6 is 0 Å². The van der Waals surface area contributed by atoms with Gasteiger partial charge in [-0.2, -0.15) is 5.10 Å². The molecule has 1 amide bonds. The Labute approximate surface area is 187 Å². The number of carbonyl (C=O) groups is 1. The third-order valence-corrected chi connectivity index (χ3v) is 6.04. The number of nitrogens with zero attached hydrogens (tertiary/aromatic N) is 4. The van der Waals surface area contributed by atoms with Crippen molar-refractivity contribution in [2.24, 2.45) is 0 Å². The number of amides is 1. The molecule has 0 N–H and O–H groups in total. The highest BCUT2D eigenvalue weighted by atomic mass is 19.1. The Balaban J connectivity index is 1.42. The monoisotopic (exact) mass is 438 g/mol. The standard InChI is InChI=1S/C25H28F2N4O/c1-18-17-19(2)31(28-18)12-11-24(32)29-13-15-30(16-14-29)25(20-3-7-22(26)8-4-20)21-5-9-23(27)10-6-21/h3-10,17,25H,11-16H2,1-2H3. The SMILES string of the molecule is Cc1cc(C)n(CCC(=O)N2CCN(C(c3ccc(F)cc3)c3ccc(F)cc3)CC2)n1. The zero-order valence-corrected chi connectivity index (χ0v) is 18.5. The number of piperazine rings is 1. The molecule has 4 rings (SSSR count). The summed E-state index contributed by atoms with van der Waals surface area (Å²) in [5, 5.41) is 4.43. The molecule has 0 unspecified atom stereocenters. The number of halogens is 2. The fourth-order valence-corrected chi connectivity index (χ4v) is 4.39. The maximum Gasteiger partial charge on any atom is 0.224 e. The van der Waals surface area contributed by atoms with Crippen molar-refractivity contribution in [3.05, 3.63) is 88.7 Å². The quantitative estimate of drug-likeness (QED) is 0.582. The molecule has 1 aromatic heterocycles. The summed E-state index contributed by atoms with van der Waals surface area (Å²) in [6.07, 6.45) is 0.418. The number of aryl methyl sites for hydroxylation is 3. The molecule has 1 aliphatic rings. The van der Waals surface area contributed by atoms with Crippen LogP contribution in [0.5, 0.6) is 0 Å². The Morgan fingerprint density at radius 2 is 1.44 bits per heavy atom. The Morgan fingerprint density at radius 1 is 0.906 bits per heavy atom. The fourth-order valence-electron chi connectivity index (χ4n) is 4.39. The smallest absolute Gasteiger partial charge is 0.224 e. The zero-order chi connectivity index (χ0) is 22.7. The van der Waals surface area contributed by atoms with Gasteiger partial charge in [0.25, 0.3) is 0 Å². The number of hydrogen-bond donors (Lipinski definition) is 0. The minimum absolute atomic E-state index is 0.122. The van der Waals surface area contributed by atoms with Crippen molar-refractivity contribution in [3.63, 3.8) is 0 Å². The van der Waals surface area contributed by atoms with Gasteiger partial charge >= 0.3 is 0 Å². The lowest BCUT2D eigenvalue weighted by molar-refractivity contribution is -0.133. The first kappa shape index (κ1) is 22.1. The maximum atomic E-state index is 13.5. The van der Waals surface area contributed by atoms with Crippen LogP contribution in [0.1, 0.15) is 35.0 Å². The molecule has 0 saturated carbocycles. The van der Waals surface area contributed by atoms with Crippen molar-refractivity contribution in [2.75, 3.05) is 26.2 Å². The van der Waals surface area contributed by atoms with Gasteiger partial charge in [-0.25, -0.2) is 8.78 Å². The number of carbonyl (C=O) groups excluding carboxylic acids is 1. The van der Waals surface area contributed by atoms with Crippen LogP contribution in [-0.4, -0.2) is 51.7 Å². The van der Waals surface area contributed by atoms with Crippen molar-refractivity contribution in [1.82, 2.24) is 19.6 Å². The topological polar surface area (TPSA) is 41.4 Å². The lowest BCUT2D eigenvalue weighted by Gasteiger charge is -2.40. The predicted molar refractivity (Wildman–Crippen MR) is 119 cm³/mol. The molecule has 0 spiro atoms. The summed E-state index contributed by atoms with van der Waals surface area (Å²) >= 11 is 0. The van der Waals surface area contributed by atoms with Gasteiger partial charge in [-0.05, 0) is 55.3 Å². The Morgan fingerprint density at radius 3 is 1.91 bits per heavy atom. The van der Waals surface area contributed by atoms with Gasteiger partial charge in [-0.1, -0.05) is 24.3 Å². The molecule has 1 aliphatic heterocycles. The van der Waals surface area contributed by atoms with Gasteiger partial charge < -0.3 is 4.90 Å². The van der Waals surface area contributed by atoms with Crippen LogP contribution in [0.25, 0.3) is 0 Å². The van der Waals surface area contributed by atoms with Gasteiger partial charge in [0.05, 0.1) is 11.7 Å². The van der Waals surface area contributed by atoms with Crippen molar-refractivity contribution < 1.29 is 13.6 Å². The normalized spacial score (nSPS) is 14.8. The van der Waals surface area contributed by atoms with E-state index in [4.69, 9.17) is 0 Å². The van der Waals surface area contributed by atoms with Gasteiger partial charge in [-0.15, -0.1) is 0 Å². The molecule has 0 atom stereocenters. The minimum Gasteiger partial charge on any atom is -0.340 e. The molecule has 0 aliphatic carbocycles. The summed E-state index contributed by atoms with van der Waals surface area (Å²) in [4.78, 5) is 16.9. The summed E-state index contributed by atoms with van der Waals surface area (Å²) in [6, 6.07) is 14.8. The third kappa shape index (κ3) is 5.05. The molecule has 2 heterocycles. The van der Waals surface area contributed by atoms with Crippen LogP contribution in [-0.2, 0) is 11.3 Å². The molecule has 32 heavy (non-hydrogen) atoms. The molecule has 5 nitrogen and oxygen atoms in total. The van der Waals surface area contributed by atoms with Crippen LogP contribution < -0.4 is 0 Å². The summed E-state index contributed by atoms with van der Waals surface area (Å²) in [7, 11) is 0. The summed E-state index contributed by atoms with van der Waals surface area (Å²) in [5.74, 6) is -0.452. The van der Waals surface area contributed by atoms with E-state index in [0.29, 0.717) is 39.1 Å². The summed E-state index contributed by atoms with van der Waals surface area (Å²) in [6.45, 7) is 7.13. The molecule has 168 valence electrons. The largest absolute Gasteiger partial charge is 0.340 e. The van der Waals surface area contributed by atoms with Crippen LogP contribution in [0.3, 0.4) is 0 Å². The molecular formula is C25H28F2N4O. The first-order chi connectivity index (χ1) is 15.4. The van der Waals surface area contributed by atoms with Crippen molar-refractivity contribution in [1.29, 1.82) is 0 Å². The molecule has 1 saturated heterocycles. The first-order valence-electron chi connectivity index (χ1n) is 10.9. The highest BCUT2D eigenvalue weighted by Gasteiger charge is 2.28. The van der Waals surface area contributed by atoms with E-state index in [1.165, 1.54) is 24.3 Å². The van der Waals surface area contributed by atoms with E-state index in [1.807, 2.05) is 29.5 Å². The molecular weight excluding hydrogens is 410 g/mol.